The maximum Gasteiger partial charge on any atom is 0.244 e. The van der Waals surface area contributed by atoms with Crippen LogP contribution in [0.15, 0.2) is 60.7 Å². The first-order valence-corrected chi connectivity index (χ1v) is 10.00. The van der Waals surface area contributed by atoms with Gasteiger partial charge in [-0.15, -0.1) is 0 Å². The average molecular weight is 380 g/mol. The van der Waals surface area contributed by atoms with Crippen molar-refractivity contribution in [2.75, 3.05) is 32.0 Å². The molecule has 2 amide bonds. The van der Waals surface area contributed by atoms with Crippen molar-refractivity contribution in [3.63, 3.8) is 0 Å². The minimum absolute atomic E-state index is 0.0104. The summed E-state index contributed by atoms with van der Waals surface area (Å²) < 4.78 is 0. The molecule has 1 fully saturated rings. The number of piperidine rings is 1. The molecule has 1 aliphatic rings. The Hall–Kier alpha value is -2.66. The first-order chi connectivity index (χ1) is 13.6. The van der Waals surface area contributed by atoms with E-state index in [2.05, 4.69) is 17.1 Å². The van der Waals surface area contributed by atoms with Crippen molar-refractivity contribution >= 4 is 17.5 Å². The van der Waals surface area contributed by atoms with E-state index in [0.29, 0.717) is 13.1 Å². The number of carbonyl (C=O) groups excluding carboxylic acids is 2. The Morgan fingerprint density at radius 2 is 1.75 bits per heavy atom. The van der Waals surface area contributed by atoms with Crippen LogP contribution in [0, 0.1) is 5.92 Å². The van der Waals surface area contributed by atoms with Gasteiger partial charge in [-0.3, -0.25) is 14.5 Å². The van der Waals surface area contributed by atoms with Gasteiger partial charge in [0.2, 0.25) is 11.8 Å². The third-order valence-electron chi connectivity index (χ3n) is 5.43. The molecule has 5 nitrogen and oxygen atoms in total. The number of likely N-dealkylation sites (N-methyl/N-ethyl adjacent to an activating group) is 1. The molecule has 0 radical (unpaired) electrons. The highest BCUT2D eigenvalue weighted by molar-refractivity contribution is 5.93. The number of nitrogens with zero attached hydrogens (tertiary/aromatic N) is 2. The van der Waals surface area contributed by atoms with Crippen LogP contribution in [-0.4, -0.2) is 48.3 Å². The number of nitrogens with one attached hydrogen (secondary N) is 1. The maximum atomic E-state index is 13.4. The van der Waals surface area contributed by atoms with Gasteiger partial charge in [-0.05, 0) is 44.1 Å². The molecule has 0 aromatic heterocycles. The molecule has 1 heterocycles. The number of hydrogen-bond acceptors (Lipinski definition) is 3. The second kappa shape index (κ2) is 9.51. The summed E-state index contributed by atoms with van der Waals surface area (Å²) >= 11 is 0. The molecule has 2 aromatic carbocycles. The maximum absolute atomic E-state index is 13.4. The average Bonchev–Trinajstić information content (AvgIpc) is 2.75. The summed E-state index contributed by atoms with van der Waals surface area (Å²) in [6.45, 7) is 4.00. The van der Waals surface area contributed by atoms with E-state index >= 15 is 0 Å². The van der Waals surface area contributed by atoms with Gasteiger partial charge in [0, 0.05) is 18.8 Å². The number of amides is 2. The number of anilines is 1. The number of carbonyl (C=O) groups is 2. The van der Waals surface area contributed by atoms with Gasteiger partial charge in [0.1, 0.15) is 6.04 Å². The first kappa shape index (κ1) is 20.1. The van der Waals surface area contributed by atoms with Crippen LogP contribution in [-0.2, 0) is 9.59 Å². The van der Waals surface area contributed by atoms with Gasteiger partial charge in [-0.25, -0.2) is 0 Å². The second-order valence-corrected chi connectivity index (χ2v) is 7.37. The van der Waals surface area contributed by atoms with Crippen molar-refractivity contribution < 1.29 is 9.59 Å². The fraction of sp³-hybridized carbons (Fsp3) is 0.391. The summed E-state index contributed by atoms with van der Waals surface area (Å²) in [6, 6.07) is 19.0. The number of rotatable bonds is 6. The van der Waals surface area contributed by atoms with Crippen LogP contribution in [0.25, 0.3) is 0 Å². The minimum atomic E-state index is -0.317. The SMILES string of the molecule is CCN(C)C(C(=O)N1CCCC(C(=O)Nc2ccccc2)C1)c1ccccc1. The highest BCUT2D eigenvalue weighted by Crippen LogP contribution is 2.26. The van der Waals surface area contributed by atoms with Crippen molar-refractivity contribution in [1.29, 1.82) is 0 Å². The van der Waals surface area contributed by atoms with Crippen molar-refractivity contribution in [2.45, 2.75) is 25.8 Å². The number of hydrogen-bond donors (Lipinski definition) is 1. The molecule has 28 heavy (non-hydrogen) atoms. The van der Waals surface area contributed by atoms with Gasteiger partial charge in [0.05, 0.1) is 5.92 Å². The Kier molecular flexibility index (Phi) is 6.82. The van der Waals surface area contributed by atoms with Crippen LogP contribution < -0.4 is 5.32 Å². The summed E-state index contributed by atoms with van der Waals surface area (Å²) in [5.41, 5.74) is 1.79. The van der Waals surface area contributed by atoms with E-state index in [-0.39, 0.29) is 23.8 Å². The van der Waals surface area contributed by atoms with Crippen LogP contribution in [0.1, 0.15) is 31.4 Å². The fourth-order valence-corrected chi connectivity index (χ4v) is 3.73. The normalized spacial score (nSPS) is 18.0. The van der Waals surface area contributed by atoms with Gasteiger partial charge in [-0.1, -0.05) is 55.5 Å². The Balaban J connectivity index is 1.71. The smallest absolute Gasteiger partial charge is 0.244 e. The monoisotopic (exact) mass is 379 g/mol. The van der Waals surface area contributed by atoms with E-state index in [9.17, 15) is 9.59 Å². The van der Waals surface area contributed by atoms with Crippen LogP contribution in [0.4, 0.5) is 5.69 Å². The van der Waals surface area contributed by atoms with Crippen LogP contribution in [0.3, 0.4) is 0 Å². The zero-order valence-corrected chi connectivity index (χ0v) is 16.7. The van der Waals surface area contributed by atoms with Gasteiger partial charge in [0.25, 0.3) is 0 Å². The summed E-state index contributed by atoms with van der Waals surface area (Å²) in [5, 5.41) is 2.98. The quantitative estimate of drug-likeness (QED) is 0.835. The highest BCUT2D eigenvalue weighted by Gasteiger charge is 2.34. The summed E-state index contributed by atoms with van der Waals surface area (Å²) in [7, 11) is 1.97. The van der Waals surface area contributed by atoms with Crippen molar-refractivity contribution in [2.24, 2.45) is 5.92 Å². The molecule has 0 saturated carbocycles. The zero-order chi connectivity index (χ0) is 19.9. The van der Waals surface area contributed by atoms with Gasteiger partial charge < -0.3 is 10.2 Å². The molecule has 1 N–H and O–H groups in total. The third kappa shape index (κ3) is 4.78. The molecule has 2 atom stereocenters. The van der Waals surface area contributed by atoms with Gasteiger partial charge >= 0.3 is 0 Å². The molecule has 2 aromatic rings. The van der Waals surface area contributed by atoms with Crippen molar-refractivity contribution in [1.82, 2.24) is 9.80 Å². The lowest BCUT2D eigenvalue weighted by Crippen LogP contribution is -2.48. The molecule has 1 aliphatic heterocycles. The lowest BCUT2D eigenvalue weighted by atomic mass is 9.95. The summed E-state index contributed by atoms with van der Waals surface area (Å²) in [4.78, 5) is 30.0. The number of benzene rings is 2. The van der Waals surface area contributed by atoms with E-state index in [1.54, 1.807) is 0 Å². The van der Waals surface area contributed by atoms with E-state index < -0.39 is 0 Å². The van der Waals surface area contributed by atoms with E-state index in [1.165, 1.54) is 0 Å². The fourth-order valence-electron chi connectivity index (χ4n) is 3.73. The number of para-hydroxylation sites is 1. The Morgan fingerprint density at radius 3 is 2.39 bits per heavy atom. The highest BCUT2D eigenvalue weighted by atomic mass is 16.2. The van der Waals surface area contributed by atoms with Gasteiger partial charge in [0.15, 0.2) is 0 Å². The van der Waals surface area contributed by atoms with Crippen molar-refractivity contribution in [3.05, 3.63) is 66.2 Å². The van der Waals surface area contributed by atoms with Crippen molar-refractivity contribution in [3.8, 4) is 0 Å². The first-order valence-electron chi connectivity index (χ1n) is 10.00. The topological polar surface area (TPSA) is 52.7 Å². The molecule has 2 unspecified atom stereocenters. The molecule has 0 bridgehead atoms. The molecular weight excluding hydrogens is 350 g/mol. The lowest BCUT2D eigenvalue weighted by molar-refractivity contribution is -0.139. The molecule has 1 saturated heterocycles. The predicted molar refractivity (Wildman–Crippen MR) is 112 cm³/mol. The summed E-state index contributed by atoms with van der Waals surface area (Å²) in [6.07, 6.45) is 1.65. The third-order valence-corrected chi connectivity index (χ3v) is 5.43. The largest absolute Gasteiger partial charge is 0.340 e. The molecule has 5 heteroatoms. The Morgan fingerprint density at radius 1 is 1.11 bits per heavy atom. The number of likely N-dealkylation sites (tertiary alicyclic amines) is 1. The van der Waals surface area contributed by atoms with Crippen LogP contribution in [0.5, 0.6) is 0 Å². The minimum Gasteiger partial charge on any atom is -0.340 e. The summed E-state index contributed by atoms with van der Waals surface area (Å²) in [5.74, 6) is -0.113. The van der Waals surface area contributed by atoms with E-state index in [4.69, 9.17) is 0 Å². The molecule has 0 spiro atoms. The second-order valence-electron chi connectivity index (χ2n) is 7.37. The van der Waals surface area contributed by atoms with Gasteiger partial charge in [-0.2, -0.15) is 0 Å². The zero-order valence-electron chi connectivity index (χ0n) is 16.7. The van der Waals surface area contributed by atoms with E-state index in [1.807, 2.05) is 72.6 Å². The molecule has 3 rings (SSSR count). The Labute approximate surface area is 167 Å². The van der Waals surface area contributed by atoms with Crippen LogP contribution in [0.2, 0.25) is 0 Å². The Bertz CT molecular complexity index is 779. The van der Waals surface area contributed by atoms with Crippen LogP contribution >= 0.6 is 0 Å². The molecule has 148 valence electrons. The molecule has 0 aliphatic carbocycles. The standard InChI is InChI=1S/C23H29N3O2/c1-3-25(2)21(18-11-6-4-7-12-18)23(28)26-16-10-13-19(17-26)22(27)24-20-14-8-5-9-15-20/h4-9,11-12,14-15,19,21H,3,10,13,16-17H2,1-2H3,(H,24,27). The lowest BCUT2D eigenvalue weighted by Gasteiger charge is -2.37. The van der Waals surface area contributed by atoms with E-state index in [0.717, 1.165) is 30.6 Å². The predicted octanol–water partition coefficient (Wildman–Crippen LogP) is 3.56. The molecular formula is C23H29N3O2.